The molecule has 1 aliphatic heterocycles. The van der Waals surface area contributed by atoms with Crippen LogP contribution in [0.3, 0.4) is 0 Å². The fourth-order valence-corrected chi connectivity index (χ4v) is 4.30. The van der Waals surface area contributed by atoms with Gasteiger partial charge in [-0.15, -0.1) is 0 Å². The molecule has 1 amide bonds. The minimum absolute atomic E-state index is 0.0277. The molecule has 1 atom stereocenters. The molecule has 0 spiro atoms. The first kappa shape index (κ1) is 19.6. The molecule has 152 valence electrons. The molecule has 7 nitrogen and oxygen atoms in total. The minimum Gasteiger partial charge on any atom is -0.372 e. The number of anilines is 1. The number of primary amides is 1. The lowest BCUT2D eigenvalue weighted by atomic mass is 9.88. The average molecular weight is 413 g/mol. The van der Waals surface area contributed by atoms with Gasteiger partial charge < -0.3 is 25.9 Å². The summed E-state index contributed by atoms with van der Waals surface area (Å²) in [5.74, 6) is -0.0359. The van der Waals surface area contributed by atoms with Crippen LogP contribution in [0.4, 0.5) is 5.69 Å². The van der Waals surface area contributed by atoms with Crippen LogP contribution < -0.4 is 16.4 Å². The van der Waals surface area contributed by atoms with Crippen LogP contribution in [0.1, 0.15) is 34.7 Å². The van der Waals surface area contributed by atoms with Crippen LogP contribution >= 0.6 is 0 Å². The highest BCUT2D eigenvalue weighted by Crippen LogP contribution is 2.35. The van der Waals surface area contributed by atoms with Crippen LogP contribution in [-0.2, 0) is 11.1 Å². The van der Waals surface area contributed by atoms with E-state index < -0.39 is 17.0 Å². The van der Waals surface area contributed by atoms with E-state index in [2.05, 4.69) is 21.7 Å². The molecule has 29 heavy (non-hydrogen) atoms. The third-order valence-electron chi connectivity index (χ3n) is 5.48. The number of benzene rings is 2. The second kappa shape index (κ2) is 8.36. The molecule has 4 rings (SSSR count). The third kappa shape index (κ3) is 4.19. The van der Waals surface area contributed by atoms with Gasteiger partial charge in [-0.2, -0.15) is 0 Å². The Balaban J connectivity index is 1.74. The van der Waals surface area contributed by atoms with Crippen molar-refractivity contribution in [2.45, 2.75) is 18.8 Å². The molecular formula is C21H24N4O3S. The summed E-state index contributed by atoms with van der Waals surface area (Å²) in [5.41, 5.74) is 10.8. The van der Waals surface area contributed by atoms with E-state index in [1.807, 2.05) is 36.5 Å². The number of nitrogens with one attached hydrogen (secondary N) is 3. The molecule has 0 saturated carbocycles. The molecule has 0 radical (unpaired) electrons. The Hall–Kier alpha value is -2.68. The number of aromatic amines is 1. The zero-order valence-corrected chi connectivity index (χ0v) is 16.7. The highest BCUT2D eigenvalue weighted by atomic mass is 32.2. The number of hydrogen-bond donors (Lipinski definition) is 5. The van der Waals surface area contributed by atoms with Crippen molar-refractivity contribution in [3.8, 4) is 11.1 Å². The first-order valence-corrected chi connectivity index (χ1v) is 10.9. The number of H-pyrrole nitrogens is 1. The first-order valence-electron chi connectivity index (χ1n) is 9.60. The van der Waals surface area contributed by atoms with E-state index in [1.165, 1.54) is 5.56 Å². The Morgan fingerprint density at radius 1 is 1.17 bits per heavy atom. The van der Waals surface area contributed by atoms with Crippen molar-refractivity contribution in [3.05, 3.63) is 53.7 Å². The van der Waals surface area contributed by atoms with Crippen molar-refractivity contribution in [3.63, 3.8) is 0 Å². The molecule has 1 aliphatic rings. The highest BCUT2D eigenvalue weighted by Gasteiger charge is 2.21. The number of amides is 1. The van der Waals surface area contributed by atoms with Crippen molar-refractivity contribution in [2.24, 2.45) is 5.73 Å². The summed E-state index contributed by atoms with van der Waals surface area (Å²) < 4.78 is 19.7. The van der Waals surface area contributed by atoms with Crippen molar-refractivity contribution >= 4 is 33.6 Å². The Morgan fingerprint density at radius 2 is 1.90 bits per heavy atom. The summed E-state index contributed by atoms with van der Waals surface area (Å²) >= 11 is -1.90. The largest absolute Gasteiger partial charge is 0.372 e. The van der Waals surface area contributed by atoms with Gasteiger partial charge in [0.15, 0.2) is 11.1 Å². The Kier molecular flexibility index (Phi) is 5.66. The number of piperidine rings is 1. The average Bonchev–Trinajstić information content (AvgIpc) is 3.16. The second-order valence-corrected chi connectivity index (χ2v) is 8.23. The Morgan fingerprint density at radius 3 is 2.55 bits per heavy atom. The van der Waals surface area contributed by atoms with E-state index in [9.17, 15) is 9.00 Å². The van der Waals surface area contributed by atoms with E-state index >= 15 is 0 Å². The molecule has 6 N–H and O–H groups in total. The van der Waals surface area contributed by atoms with Gasteiger partial charge in [0.05, 0.1) is 11.1 Å². The smallest absolute Gasteiger partial charge is 0.250 e. The highest BCUT2D eigenvalue weighted by molar-refractivity contribution is 7.79. The Labute approximate surface area is 171 Å². The van der Waals surface area contributed by atoms with Gasteiger partial charge in [-0.3, -0.25) is 4.79 Å². The Bertz CT molecular complexity index is 1060. The number of carbonyl (C=O) groups is 1. The van der Waals surface area contributed by atoms with E-state index in [4.69, 9.17) is 10.3 Å². The monoisotopic (exact) mass is 412 g/mol. The van der Waals surface area contributed by atoms with Gasteiger partial charge in [0.1, 0.15) is 5.88 Å². The number of aromatic nitrogens is 1. The topological polar surface area (TPSA) is 120 Å². The van der Waals surface area contributed by atoms with Crippen molar-refractivity contribution in [2.75, 3.05) is 24.3 Å². The number of rotatable bonds is 6. The summed E-state index contributed by atoms with van der Waals surface area (Å²) in [5, 5.41) is 7.33. The van der Waals surface area contributed by atoms with Gasteiger partial charge in [-0.1, -0.05) is 12.1 Å². The van der Waals surface area contributed by atoms with Crippen molar-refractivity contribution in [1.82, 2.24) is 10.3 Å². The summed E-state index contributed by atoms with van der Waals surface area (Å²) in [4.78, 5) is 15.4. The maximum Gasteiger partial charge on any atom is 0.250 e. The predicted octanol–water partition coefficient (Wildman–Crippen LogP) is 2.99. The maximum absolute atomic E-state index is 12.1. The van der Waals surface area contributed by atoms with Gasteiger partial charge in [-0.25, -0.2) is 4.21 Å². The molecular weight excluding hydrogens is 388 g/mol. The second-order valence-electron chi connectivity index (χ2n) is 7.30. The molecule has 1 aromatic heterocycles. The van der Waals surface area contributed by atoms with Crippen LogP contribution in [-0.4, -0.2) is 38.6 Å². The summed E-state index contributed by atoms with van der Waals surface area (Å²) in [6.07, 6.45) is 4.14. The zero-order chi connectivity index (χ0) is 20.4. The minimum atomic E-state index is -1.90. The van der Waals surface area contributed by atoms with Crippen LogP contribution in [0.2, 0.25) is 0 Å². The van der Waals surface area contributed by atoms with Gasteiger partial charge in [0.2, 0.25) is 0 Å². The van der Waals surface area contributed by atoms with E-state index in [-0.39, 0.29) is 5.88 Å². The molecule has 1 unspecified atom stereocenters. The molecule has 8 heteroatoms. The van der Waals surface area contributed by atoms with Crippen LogP contribution in [0, 0.1) is 0 Å². The van der Waals surface area contributed by atoms with Gasteiger partial charge >= 0.3 is 0 Å². The zero-order valence-electron chi connectivity index (χ0n) is 15.9. The quantitative estimate of drug-likeness (QED) is 0.399. The lowest BCUT2D eigenvalue weighted by Gasteiger charge is -2.22. The maximum atomic E-state index is 12.1. The number of carbonyl (C=O) groups excluding carboxylic acids is 1. The van der Waals surface area contributed by atoms with Crippen LogP contribution in [0.25, 0.3) is 22.0 Å². The van der Waals surface area contributed by atoms with Crippen molar-refractivity contribution < 1.29 is 13.6 Å². The number of hydrogen-bond acceptors (Lipinski definition) is 4. The summed E-state index contributed by atoms with van der Waals surface area (Å²) in [6.45, 7) is 1.99. The fraction of sp³-hybridized carbons (Fsp3) is 0.286. The lowest BCUT2D eigenvalue weighted by molar-refractivity contribution is 0.100. The third-order valence-corrected chi connectivity index (χ3v) is 5.88. The summed E-state index contributed by atoms with van der Waals surface area (Å²) in [7, 11) is 0. The standard InChI is InChI=1S/C21H24N4O3S/c22-21(26)18-10-15(13-1-3-16(4-2-13)25-12-29(27)28)9-17-19(11-24-20(17)18)14-5-7-23-8-6-14/h1-4,9-11,14,23-25H,5-8,12H2,(H2,22,26)(H,27,28). The molecule has 0 bridgehead atoms. The molecule has 2 aromatic carbocycles. The molecule has 0 aliphatic carbocycles. The number of fused-ring (bicyclic) bond motifs is 1. The van der Waals surface area contributed by atoms with Crippen LogP contribution in [0.15, 0.2) is 42.6 Å². The van der Waals surface area contributed by atoms with Crippen LogP contribution in [0.5, 0.6) is 0 Å². The molecule has 1 fully saturated rings. The van der Waals surface area contributed by atoms with Gasteiger partial charge in [0.25, 0.3) is 5.91 Å². The normalized spacial score (nSPS) is 16.0. The molecule has 1 saturated heterocycles. The van der Waals surface area contributed by atoms with E-state index in [0.29, 0.717) is 11.5 Å². The van der Waals surface area contributed by atoms with Gasteiger partial charge in [0, 0.05) is 17.3 Å². The van der Waals surface area contributed by atoms with Crippen molar-refractivity contribution in [1.29, 1.82) is 0 Å². The van der Waals surface area contributed by atoms with E-state index in [0.717, 1.165) is 53.6 Å². The summed E-state index contributed by atoms with van der Waals surface area (Å²) in [6, 6.07) is 11.5. The van der Waals surface area contributed by atoms with E-state index in [1.54, 1.807) is 0 Å². The first-order chi connectivity index (χ1) is 14.0. The lowest BCUT2D eigenvalue weighted by Crippen LogP contribution is -2.26. The SMILES string of the molecule is NC(=O)c1cc(-c2ccc(NCS(=O)O)cc2)cc2c(C3CCNCC3)c[nH]c12. The predicted molar refractivity (Wildman–Crippen MR) is 116 cm³/mol. The van der Waals surface area contributed by atoms with Gasteiger partial charge in [-0.05, 0) is 72.8 Å². The molecule has 2 heterocycles. The number of nitrogens with two attached hydrogens (primary N) is 1. The molecule has 3 aromatic rings. The fourth-order valence-electron chi connectivity index (χ4n) is 4.01.